The summed E-state index contributed by atoms with van der Waals surface area (Å²) in [6.45, 7) is 2.32. The van der Waals surface area contributed by atoms with Gasteiger partial charge in [0.1, 0.15) is 5.75 Å². The smallest absolute Gasteiger partial charge is 0.216 e. The maximum atomic E-state index is 5.91. The Morgan fingerprint density at radius 1 is 1.26 bits per heavy atom. The van der Waals surface area contributed by atoms with Crippen molar-refractivity contribution in [1.29, 1.82) is 0 Å². The number of hydrogen-bond donors (Lipinski definition) is 2. The first kappa shape index (κ1) is 19.1. The van der Waals surface area contributed by atoms with Crippen LogP contribution in [0.3, 0.4) is 0 Å². The lowest BCUT2D eigenvalue weighted by Crippen LogP contribution is -2.22. The summed E-state index contributed by atoms with van der Waals surface area (Å²) in [5.74, 6) is 1.81. The lowest BCUT2D eigenvalue weighted by Gasteiger charge is -2.07. The summed E-state index contributed by atoms with van der Waals surface area (Å²) < 4.78 is 12.1. The Morgan fingerprint density at radius 2 is 1.91 bits per heavy atom. The molecule has 1 aromatic heterocycles. The van der Waals surface area contributed by atoms with Gasteiger partial charge in [0.15, 0.2) is 5.96 Å². The van der Waals surface area contributed by atoms with E-state index in [1.807, 2.05) is 38.2 Å². The van der Waals surface area contributed by atoms with E-state index in [-0.39, 0.29) is 24.0 Å². The molecule has 1 heterocycles. The fourth-order valence-corrected chi connectivity index (χ4v) is 2.14. The molecule has 0 spiro atoms. The van der Waals surface area contributed by atoms with Crippen molar-refractivity contribution in [2.45, 2.75) is 13.5 Å². The van der Waals surface area contributed by atoms with E-state index in [9.17, 15) is 0 Å². The fourth-order valence-electron chi connectivity index (χ4n) is 2.14. The van der Waals surface area contributed by atoms with Crippen molar-refractivity contribution in [1.82, 2.24) is 9.78 Å². The predicted octanol–water partition coefficient (Wildman–Crippen LogP) is 2.29. The van der Waals surface area contributed by atoms with E-state index in [0.717, 1.165) is 22.7 Å². The minimum atomic E-state index is 0. The molecule has 23 heavy (non-hydrogen) atoms. The van der Waals surface area contributed by atoms with Crippen molar-refractivity contribution in [2.75, 3.05) is 19.5 Å². The third-order valence-electron chi connectivity index (χ3n) is 3.25. The zero-order chi connectivity index (χ0) is 16.1. The summed E-state index contributed by atoms with van der Waals surface area (Å²) in [5, 5.41) is 7.34. The van der Waals surface area contributed by atoms with Crippen molar-refractivity contribution in [3.05, 3.63) is 35.5 Å². The monoisotopic (exact) mass is 431 g/mol. The van der Waals surface area contributed by atoms with Crippen molar-refractivity contribution in [3.63, 3.8) is 0 Å². The summed E-state index contributed by atoms with van der Waals surface area (Å²) in [5.41, 5.74) is 8.55. The Hall–Kier alpha value is -1.97. The lowest BCUT2D eigenvalue weighted by molar-refractivity contribution is 0.369. The van der Waals surface area contributed by atoms with Crippen LogP contribution in [0.4, 0.5) is 5.69 Å². The molecule has 0 aliphatic carbocycles. The molecule has 3 N–H and O–H groups in total. The van der Waals surface area contributed by atoms with Gasteiger partial charge in [0.25, 0.3) is 0 Å². The molecule has 0 amide bonds. The van der Waals surface area contributed by atoms with Crippen LogP contribution in [0.5, 0.6) is 11.6 Å². The van der Waals surface area contributed by atoms with Gasteiger partial charge < -0.3 is 20.5 Å². The van der Waals surface area contributed by atoms with Crippen LogP contribution in [0.2, 0.25) is 0 Å². The van der Waals surface area contributed by atoms with Crippen LogP contribution in [0.25, 0.3) is 0 Å². The number of aromatic nitrogens is 2. The Kier molecular flexibility index (Phi) is 7.14. The number of methoxy groups -OCH3 is 2. The van der Waals surface area contributed by atoms with Crippen LogP contribution < -0.4 is 20.5 Å². The van der Waals surface area contributed by atoms with Crippen LogP contribution in [0.15, 0.2) is 29.3 Å². The minimum absolute atomic E-state index is 0. The molecule has 0 unspecified atom stereocenters. The summed E-state index contributed by atoms with van der Waals surface area (Å²) >= 11 is 0. The number of guanidine groups is 1. The van der Waals surface area contributed by atoms with E-state index in [4.69, 9.17) is 15.2 Å². The second-order valence-electron chi connectivity index (χ2n) is 4.75. The standard InChI is InChI=1S/C15H21N5O2.HI/c1-10-13(14(22-4)20(2)19-10)9-17-15(16)18-11-5-7-12(21-3)8-6-11;/h5-8H,9H2,1-4H3,(H3,16,17,18);1H. The van der Waals surface area contributed by atoms with E-state index in [1.54, 1.807) is 18.9 Å². The molecule has 2 rings (SSSR count). The molecule has 0 saturated carbocycles. The third kappa shape index (κ3) is 4.75. The number of aliphatic imine (C=N–C) groups is 1. The van der Waals surface area contributed by atoms with Gasteiger partial charge >= 0.3 is 0 Å². The average Bonchev–Trinajstić information content (AvgIpc) is 2.79. The first-order valence-electron chi connectivity index (χ1n) is 6.82. The molecule has 126 valence electrons. The van der Waals surface area contributed by atoms with Gasteiger partial charge in [-0.05, 0) is 31.2 Å². The number of nitrogens with zero attached hydrogens (tertiary/aromatic N) is 3. The Bertz CT molecular complexity index is 667. The molecule has 1 aromatic carbocycles. The van der Waals surface area contributed by atoms with Crippen LogP contribution in [-0.4, -0.2) is 30.0 Å². The number of aryl methyl sites for hydroxylation is 2. The van der Waals surface area contributed by atoms with Crippen LogP contribution in [-0.2, 0) is 13.6 Å². The second-order valence-corrected chi connectivity index (χ2v) is 4.75. The molecule has 0 radical (unpaired) electrons. The number of anilines is 1. The normalized spacial score (nSPS) is 10.9. The molecule has 0 aliphatic heterocycles. The number of halogens is 1. The molecule has 0 bridgehead atoms. The molecule has 2 aromatic rings. The van der Waals surface area contributed by atoms with Crippen LogP contribution >= 0.6 is 24.0 Å². The summed E-state index contributed by atoms with van der Waals surface area (Å²) in [6, 6.07) is 7.45. The number of nitrogens with one attached hydrogen (secondary N) is 1. The zero-order valence-electron chi connectivity index (χ0n) is 13.7. The molecular formula is C15H22IN5O2. The highest BCUT2D eigenvalue weighted by Crippen LogP contribution is 2.21. The van der Waals surface area contributed by atoms with Gasteiger partial charge in [0.2, 0.25) is 5.88 Å². The Morgan fingerprint density at radius 3 is 2.48 bits per heavy atom. The number of hydrogen-bond acceptors (Lipinski definition) is 4. The Labute approximate surface area is 152 Å². The van der Waals surface area contributed by atoms with Gasteiger partial charge in [-0.15, -0.1) is 24.0 Å². The van der Waals surface area contributed by atoms with Gasteiger partial charge in [-0.25, -0.2) is 9.67 Å². The van der Waals surface area contributed by atoms with E-state index in [2.05, 4.69) is 15.4 Å². The number of ether oxygens (including phenoxy) is 2. The van der Waals surface area contributed by atoms with Gasteiger partial charge in [0, 0.05) is 12.7 Å². The minimum Gasteiger partial charge on any atom is -0.497 e. The van der Waals surface area contributed by atoms with Crippen LogP contribution in [0.1, 0.15) is 11.3 Å². The first-order chi connectivity index (χ1) is 10.5. The summed E-state index contributed by atoms with van der Waals surface area (Å²) in [7, 11) is 5.07. The number of nitrogens with two attached hydrogens (primary N) is 1. The molecular weight excluding hydrogens is 409 g/mol. The van der Waals surface area contributed by atoms with Gasteiger partial charge in [-0.3, -0.25) is 0 Å². The highest BCUT2D eigenvalue weighted by molar-refractivity contribution is 14.0. The molecule has 7 nitrogen and oxygen atoms in total. The van der Waals surface area contributed by atoms with Crippen molar-refractivity contribution >= 4 is 35.6 Å². The van der Waals surface area contributed by atoms with Gasteiger partial charge in [-0.1, -0.05) is 0 Å². The molecule has 0 saturated heterocycles. The summed E-state index contributed by atoms with van der Waals surface area (Å²) in [6.07, 6.45) is 0. The maximum Gasteiger partial charge on any atom is 0.216 e. The topological polar surface area (TPSA) is 86.7 Å². The molecule has 0 fully saturated rings. The van der Waals surface area contributed by atoms with Crippen molar-refractivity contribution in [2.24, 2.45) is 17.8 Å². The molecule has 0 atom stereocenters. The maximum absolute atomic E-state index is 5.91. The second kappa shape index (κ2) is 8.61. The quantitative estimate of drug-likeness (QED) is 0.431. The van der Waals surface area contributed by atoms with Crippen molar-refractivity contribution in [3.8, 4) is 11.6 Å². The van der Waals surface area contributed by atoms with Gasteiger partial charge in [-0.2, -0.15) is 5.10 Å². The van der Waals surface area contributed by atoms with E-state index >= 15 is 0 Å². The zero-order valence-corrected chi connectivity index (χ0v) is 16.0. The van der Waals surface area contributed by atoms with Crippen molar-refractivity contribution < 1.29 is 9.47 Å². The van der Waals surface area contributed by atoms with E-state index in [0.29, 0.717) is 18.4 Å². The highest BCUT2D eigenvalue weighted by Gasteiger charge is 2.13. The van der Waals surface area contributed by atoms with Gasteiger partial charge in [0.05, 0.1) is 32.0 Å². The molecule has 8 heteroatoms. The van der Waals surface area contributed by atoms with Crippen LogP contribution in [0, 0.1) is 6.92 Å². The average molecular weight is 431 g/mol. The fraction of sp³-hybridized carbons (Fsp3) is 0.333. The SMILES string of the molecule is COc1ccc(NC(N)=NCc2c(C)nn(C)c2OC)cc1.I. The van der Waals surface area contributed by atoms with E-state index in [1.165, 1.54) is 0 Å². The third-order valence-corrected chi connectivity index (χ3v) is 3.25. The summed E-state index contributed by atoms with van der Waals surface area (Å²) in [4.78, 5) is 4.33. The first-order valence-corrected chi connectivity index (χ1v) is 6.82. The number of rotatable bonds is 5. The highest BCUT2D eigenvalue weighted by atomic mass is 127. The molecule has 0 aliphatic rings. The lowest BCUT2D eigenvalue weighted by atomic mass is 10.2. The predicted molar refractivity (Wildman–Crippen MR) is 102 cm³/mol. The Balaban J connectivity index is 0.00000264. The van der Waals surface area contributed by atoms with E-state index < -0.39 is 0 Å². The number of benzene rings is 1. The largest absolute Gasteiger partial charge is 0.497 e.